The average Bonchev–Trinajstić information content (AvgIpc) is 3.17. The van der Waals surface area contributed by atoms with Gasteiger partial charge in [-0.05, 0) is 37.9 Å². The maximum Gasteiger partial charge on any atom is 0.264 e. The standard InChI is InChI=1S/C25H23ClN6O4/c1-31(2)10-4-7-19(34)28-17-6-3-5-14-15(17)12-36-25-20(14)22-21(24(35)29-25)23(27)32(30-22)18-11-13(33)8-9-16(18)26/h3-9,11,33H,10,12,27H2,1-2H3,(H,28,34)(H,29,35)/b7-4+. The van der Waals surface area contributed by atoms with Gasteiger partial charge in [0.25, 0.3) is 5.56 Å². The van der Waals surface area contributed by atoms with Crippen LogP contribution in [0.3, 0.4) is 0 Å². The summed E-state index contributed by atoms with van der Waals surface area (Å²) in [4.78, 5) is 30.1. The molecule has 184 valence electrons. The number of phenolic OH excluding ortho intramolecular Hbond substituents is 1. The number of fused-ring (bicyclic) bond motifs is 5. The van der Waals surface area contributed by atoms with Crippen LogP contribution in [0.1, 0.15) is 5.56 Å². The number of pyridine rings is 1. The Balaban J connectivity index is 1.64. The van der Waals surface area contributed by atoms with Crippen molar-refractivity contribution in [2.75, 3.05) is 31.7 Å². The number of amides is 1. The molecule has 0 saturated carbocycles. The van der Waals surface area contributed by atoms with E-state index >= 15 is 0 Å². The number of H-pyrrole nitrogens is 1. The number of aromatic hydroxyl groups is 1. The number of aromatic nitrogens is 3. The fraction of sp³-hybridized carbons (Fsp3) is 0.160. The number of benzene rings is 2. The average molecular weight is 507 g/mol. The normalized spacial score (nSPS) is 12.6. The van der Waals surface area contributed by atoms with Crippen molar-refractivity contribution in [3.8, 4) is 28.4 Å². The van der Waals surface area contributed by atoms with Crippen LogP contribution in [0.4, 0.5) is 11.5 Å². The zero-order chi connectivity index (χ0) is 25.6. The molecule has 0 unspecified atom stereocenters. The van der Waals surface area contributed by atoms with Gasteiger partial charge in [0.2, 0.25) is 11.8 Å². The first kappa shape index (κ1) is 23.5. The van der Waals surface area contributed by atoms with E-state index in [2.05, 4.69) is 15.4 Å². The number of nitrogens with zero attached hydrogens (tertiary/aromatic N) is 3. The Labute approximate surface area is 210 Å². The Kier molecular flexibility index (Phi) is 5.91. The molecule has 5 N–H and O–H groups in total. The summed E-state index contributed by atoms with van der Waals surface area (Å²) in [6.07, 6.45) is 3.25. The Morgan fingerprint density at radius 1 is 1.36 bits per heavy atom. The van der Waals surface area contributed by atoms with Gasteiger partial charge in [-0.1, -0.05) is 29.8 Å². The van der Waals surface area contributed by atoms with Gasteiger partial charge in [0.1, 0.15) is 29.1 Å². The van der Waals surface area contributed by atoms with Crippen LogP contribution in [0.5, 0.6) is 11.6 Å². The maximum atomic E-state index is 12.9. The van der Waals surface area contributed by atoms with Gasteiger partial charge < -0.3 is 25.8 Å². The Bertz CT molecular complexity index is 1600. The number of nitrogens with two attached hydrogens (primary N) is 1. The van der Waals surface area contributed by atoms with Gasteiger partial charge in [0, 0.05) is 29.9 Å². The minimum atomic E-state index is -0.470. The van der Waals surface area contributed by atoms with E-state index in [4.69, 9.17) is 22.1 Å². The summed E-state index contributed by atoms with van der Waals surface area (Å²) in [6.45, 7) is 0.770. The van der Waals surface area contributed by atoms with Crippen molar-refractivity contribution in [2.24, 2.45) is 0 Å². The second-order valence-corrected chi connectivity index (χ2v) is 9.00. The lowest BCUT2D eigenvalue weighted by atomic mass is 9.96. The van der Waals surface area contributed by atoms with Crippen molar-refractivity contribution in [3.05, 3.63) is 69.5 Å². The highest BCUT2D eigenvalue weighted by Crippen LogP contribution is 2.43. The first-order valence-corrected chi connectivity index (χ1v) is 11.4. The van der Waals surface area contributed by atoms with Gasteiger partial charge >= 0.3 is 0 Å². The first-order valence-electron chi connectivity index (χ1n) is 11.0. The molecule has 36 heavy (non-hydrogen) atoms. The van der Waals surface area contributed by atoms with Gasteiger partial charge in [-0.15, -0.1) is 0 Å². The molecule has 2 aromatic carbocycles. The van der Waals surface area contributed by atoms with E-state index < -0.39 is 5.56 Å². The van der Waals surface area contributed by atoms with Crippen LogP contribution in [-0.2, 0) is 11.4 Å². The number of likely N-dealkylation sites (N-methyl/N-ethyl adjacent to an activating group) is 1. The van der Waals surface area contributed by atoms with Crippen LogP contribution < -0.4 is 21.3 Å². The maximum absolute atomic E-state index is 12.9. The number of hydrogen-bond acceptors (Lipinski definition) is 7. The number of carbonyl (C=O) groups excluding carboxylic acids is 1. The third kappa shape index (κ3) is 4.06. The number of halogens is 1. The molecule has 5 rings (SSSR count). The number of ether oxygens (including phenoxy) is 1. The molecule has 1 aliphatic rings. The lowest BCUT2D eigenvalue weighted by Gasteiger charge is -2.22. The Hall–Kier alpha value is -4.28. The quantitative estimate of drug-likeness (QED) is 0.305. The predicted molar refractivity (Wildman–Crippen MR) is 139 cm³/mol. The lowest BCUT2D eigenvalue weighted by molar-refractivity contribution is -0.111. The monoisotopic (exact) mass is 506 g/mol. The topological polar surface area (TPSA) is 138 Å². The third-order valence-corrected chi connectivity index (χ3v) is 6.12. The van der Waals surface area contributed by atoms with E-state index in [1.165, 1.54) is 29.0 Å². The van der Waals surface area contributed by atoms with Gasteiger partial charge in [-0.25, -0.2) is 4.68 Å². The third-order valence-electron chi connectivity index (χ3n) is 5.80. The van der Waals surface area contributed by atoms with E-state index in [-0.39, 0.29) is 35.3 Å². The van der Waals surface area contributed by atoms with E-state index in [9.17, 15) is 14.7 Å². The number of rotatable bonds is 5. The highest BCUT2D eigenvalue weighted by atomic mass is 35.5. The zero-order valence-electron chi connectivity index (χ0n) is 19.5. The van der Waals surface area contributed by atoms with Crippen LogP contribution in [0, 0.1) is 0 Å². The van der Waals surface area contributed by atoms with Crippen LogP contribution in [0.15, 0.2) is 53.3 Å². The molecule has 0 saturated heterocycles. The fourth-order valence-electron chi connectivity index (χ4n) is 4.15. The van der Waals surface area contributed by atoms with Crippen LogP contribution >= 0.6 is 11.6 Å². The van der Waals surface area contributed by atoms with Crippen LogP contribution in [0.25, 0.3) is 27.7 Å². The number of anilines is 2. The molecule has 0 aliphatic carbocycles. The molecule has 3 heterocycles. The summed E-state index contributed by atoms with van der Waals surface area (Å²) < 4.78 is 7.20. The number of carbonyl (C=O) groups is 1. The van der Waals surface area contributed by atoms with Gasteiger partial charge in [-0.2, -0.15) is 5.10 Å². The van der Waals surface area contributed by atoms with Crippen molar-refractivity contribution in [3.63, 3.8) is 0 Å². The Morgan fingerprint density at radius 3 is 2.94 bits per heavy atom. The van der Waals surface area contributed by atoms with E-state index in [0.29, 0.717) is 34.0 Å². The zero-order valence-corrected chi connectivity index (χ0v) is 20.3. The number of nitrogen functional groups attached to an aromatic ring is 1. The lowest BCUT2D eigenvalue weighted by Crippen LogP contribution is -2.17. The summed E-state index contributed by atoms with van der Waals surface area (Å²) in [5.41, 5.74) is 9.08. The smallest absolute Gasteiger partial charge is 0.264 e. The largest absolute Gasteiger partial charge is 0.508 e. The van der Waals surface area contributed by atoms with E-state index in [1.807, 2.05) is 25.1 Å². The predicted octanol–water partition coefficient (Wildman–Crippen LogP) is 3.27. The summed E-state index contributed by atoms with van der Waals surface area (Å²) >= 11 is 6.33. The van der Waals surface area contributed by atoms with Crippen LogP contribution in [-0.4, -0.2) is 51.3 Å². The number of phenols is 1. The van der Waals surface area contributed by atoms with E-state index in [1.54, 1.807) is 18.2 Å². The summed E-state index contributed by atoms with van der Waals surface area (Å²) in [5.74, 6) is 0.0119. The minimum Gasteiger partial charge on any atom is -0.508 e. The number of hydrogen-bond donors (Lipinski definition) is 4. The molecule has 10 nitrogen and oxygen atoms in total. The molecular formula is C25H23ClN6O4. The second kappa shape index (κ2) is 9.06. The van der Waals surface area contributed by atoms with Gasteiger partial charge in [-0.3, -0.25) is 14.6 Å². The molecular weight excluding hydrogens is 484 g/mol. The van der Waals surface area contributed by atoms with Gasteiger partial charge in [0.15, 0.2) is 0 Å². The van der Waals surface area contributed by atoms with Crippen molar-refractivity contribution < 1.29 is 14.6 Å². The van der Waals surface area contributed by atoms with Crippen LogP contribution in [0.2, 0.25) is 5.02 Å². The van der Waals surface area contributed by atoms with Crippen molar-refractivity contribution in [1.29, 1.82) is 0 Å². The molecule has 0 bridgehead atoms. The molecule has 4 aromatic rings. The molecule has 11 heteroatoms. The Morgan fingerprint density at radius 2 is 2.17 bits per heavy atom. The summed E-state index contributed by atoms with van der Waals surface area (Å²) in [6, 6.07) is 9.81. The summed E-state index contributed by atoms with van der Waals surface area (Å²) in [5, 5.41) is 17.9. The number of aromatic amines is 1. The molecule has 0 atom stereocenters. The van der Waals surface area contributed by atoms with Gasteiger partial charge in [0.05, 0.1) is 16.3 Å². The molecule has 1 amide bonds. The highest BCUT2D eigenvalue weighted by Gasteiger charge is 2.28. The second-order valence-electron chi connectivity index (χ2n) is 8.59. The van der Waals surface area contributed by atoms with E-state index in [0.717, 1.165) is 11.1 Å². The van der Waals surface area contributed by atoms with Crippen molar-refractivity contribution in [1.82, 2.24) is 19.7 Å². The molecule has 0 spiro atoms. The minimum absolute atomic E-state index is 0.0296. The molecule has 1 aliphatic heterocycles. The molecule has 0 fully saturated rings. The highest BCUT2D eigenvalue weighted by molar-refractivity contribution is 6.32. The summed E-state index contributed by atoms with van der Waals surface area (Å²) in [7, 11) is 3.83. The fourth-order valence-corrected chi connectivity index (χ4v) is 4.35. The SMILES string of the molecule is CN(C)C/C=C/C(=O)Nc1cccc2c1COc1[nH]c(=O)c3c(N)n(-c4cc(O)ccc4Cl)nc3c1-2. The first-order chi connectivity index (χ1) is 17.2. The van der Waals surface area contributed by atoms with Crippen molar-refractivity contribution in [2.45, 2.75) is 6.61 Å². The van der Waals surface area contributed by atoms with Crippen molar-refractivity contribution >= 4 is 39.9 Å². The molecule has 2 aromatic heterocycles. The molecule has 0 radical (unpaired) electrons. The number of nitrogens with one attached hydrogen (secondary N) is 2.